The van der Waals surface area contributed by atoms with Gasteiger partial charge in [-0.05, 0) is 10.6 Å². The zero-order chi connectivity index (χ0) is 15.3. The standard InChI is InChI=1S/C6H7N8O6/c7-9-8-4-11-2-1-10(5-11)3-6(12(15)16,13(17)18)14(19)20/h1-2,5H,3-4H2/q+1. The maximum Gasteiger partial charge on any atom is 0.737 e. The summed E-state index contributed by atoms with van der Waals surface area (Å²) in [5, 5.41) is 35.4. The number of aromatic nitrogens is 2. The zero-order valence-corrected chi connectivity index (χ0v) is 9.67. The van der Waals surface area contributed by atoms with Crippen molar-refractivity contribution in [1.82, 2.24) is 4.57 Å². The van der Waals surface area contributed by atoms with Gasteiger partial charge >= 0.3 is 12.3 Å². The van der Waals surface area contributed by atoms with Crippen molar-refractivity contribution in [3.8, 4) is 0 Å². The van der Waals surface area contributed by atoms with Crippen LogP contribution in [0.25, 0.3) is 10.4 Å². The number of hydrogen-bond acceptors (Lipinski definition) is 7. The van der Waals surface area contributed by atoms with Crippen molar-refractivity contribution in [3.05, 3.63) is 59.5 Å². The molecule has 1 aromatic heterocycles. The summed E-state index contributed by atoms with van der Waals surface area (Å²) >= 11 is 0. The van der Waals surface area contributed by atoms with E-state index in [1.807, 2.05) is 0 Å². The Bertz CT molecular complexity index is 566. The van der Waals surface area contributed by atoms with Crippen LogP contribution in [0.15, 0.2) is 23.8 Å². The van der Waals surface area contributed by atoms with E-state index in [1.54, 1.807) is 0 Å². The van der Waals surface area contributed by atoms with Crippen molar-refractivity contribution in [2.24, 2.45) is 5.11 Å². The number of nitro groups is 3. The average Bonchev–Trinajstić information content (AvgIpc) is 2.79. The lowest BCUT2D eigenvalue weighted by atomic mass is 10.4. The third-order valence-corrected chi connectivity index (χ3v) is 2.31. The molecule has 1 heterocycles. The molecule has 0 aliphatic carbocycles. The Balaban J connectivity index is 3.10. The van der Waals surface area contributed by atoms with Crippen LogP contribution in [0.4, 0.5) is 0 Å². The van der Waals surface area contributed by atoms with Gasteiger partial charge in [0.25, 0.3) is 0 Å². The fraction of sp³-hybridized carbons (Fsp3) is 0.500. The average molecular weight is 287 g/mol. The number of imidazole rings is 1. The maximum atomic E-state index is 10.7. The fourth-order valence-electron chi connectivity index (χ4n) is 1.34. The molecule has 0 N–H and O–H groups in total. The van der Waals surface area contributed by atoms with Gasteiger partial charge in [0.05, 0.1) is 0 Å². The van der Waals surface area contributed by atoms with Crippen LogP contribution in [0, 0.1) is 30.3 Å². The summed E-state index contributed by atoms with van der Waals surface area (Å²) in [6, 6.07) is 0. The fourth-order valence-corrected chi connectivity index (χ4v) is 1.34. The molecular formula is C6H7N8O6+. The van der Waals surface area contributed by atoms with E-state index in [4.69, 9.17) is 5.53 Å². The minimum Gasteiger partial charge on any atom is -0.252 e. The van der Waals surface area contributed by atoms with E-state index in [0.717, 1.165) is 17.1 Å². The minimum absolute atomic E-state index is 0.161. The molecule has 0 aliphatic heterocycles. The van der Waals surface area contributed by atoms with Gasteiger partial charge in [0.1, 0.15) is 12.4 Å². The Morgan fingerprint density at radius 1 is 1.25 bits per heavy atom. The SMILES string of the molecule is [N-]=[N+]=NCn1cc[n+](CC([N+](=O)[O-])([N+](=O)[O-])[N+](=O)[O-])c1. The molecule has 0 bridgehead atoms. The highest BCUT2D eigenvalue weighted by Gasteiger charge is 2.72. The Hall–Kier alpha value is -3.28. The summed E-state index contributed by atoms with van der Waals surface area (Å²) in [6.07, 6.45) is 3.55. The first-order chi connectivity index (χ1) is 9.34. The molecule has 14 nitrogen and oxygen atoms in total. The molecular weight excluding hydrogens is 280 g/mol. The molecule has 0 amide bonds. The molecule has 0 aliphatic rings. The molecule has 0 atom stereocenters. The summed E-state index contributed by atoms with van der Waals surface area (Å²) in [4.78, 5) is 29.9. The van der Waals surface area contributed by atoms with E-state index in [0.29, 0.717) is 0 Å². The summed E-state index contributed by atoms with van der Waals surface area (Å²) in [5.41, 5.74) is 8.11. The monoisotopic (exact) mass is 287 g/mol. The molecule has 1 aromatic rings. The summed E-state index contributed by atoms with van der Waals surface area (Å²) in [6.45, 7) is -1.27. The van der Waals surface area contributed by atoms with E-state index in [2.05, 4.69) is 10.0 Å². The lowest BCUT2D eigenvalue weighted by Gasteiger charge is -2.06. The largest absolute Gasteiger partial charge is 0.737 e. The van der Waals surface area contributed by atoms with Crippen LogP contribution < -0.4 is 4.57 Å². The van der Waals surface area contributed by atoms with E-state index < -0.39 is 27.1 Å². The first kappa shape index (κ1) is 14.8. The highest BCUT2D eigenvalue weighted by molar-refractivity contribution is 4.66. The normalized spacial score (nSPS) is 10.6. The van der Waals surface area contributed by atoms with Crippen molar-refractivity contribution >= 4 is 0 Å². The van der Waals surface area contributed by atoms with Crippen LogP contribution in [0.2, 0.25) is 0 Å². The van der Waals surface area contributed by atoms with Gasteiger partial charge in [-0.3, -0.25) is 30.3 Å². The van der Waals surface area contributed by atoms with Crippen molar-refractivity contribution in [1.29, 1.82) is 0 Å². The molecule has 0 fully saturated rings. The number of nitrogens with zero attached hydrogens (tertiary/aromatic N) is 8. The van der Waals surface area contributed by atoms with E-state index in [9.17, 15) is 30.3 Å². The topological polar surface area (TPSA) is 187 Å². The molecule has 1 rings (SSSR count). The van der Waals surface area contributed by atoms with Gasteiger partial charge in [-0.1, -0.05) is 0 Å². The van der Waals surface area contributed by atoms with Gasteiger partial charge in [0.2, 0.25) is 6.33 Å². The van der Waals surface area contributed by atoms with Crippen LogP contribution in [-0.4, -0.2) is 25.1 Å². The molecule has 0 aromatic carbocycles. The second kappa shape index (κ2) is 5.57. The minimum atomic E-state index is -3.57. The first-order valence-electron chi connectivity index (χ1n) is 4.83. The van der Waals surface area contributed by atoms with Crippen LogP contribution >= 0.6 is 0 Å². The Morgan fingerprint density at radius 2 is 1.80 bits per heavy atom. The van der Waals surface area contributed by atoms with Crippen molar-refractivity contribution < 1.29 is 19.3 Å². The summed E-state index contributed by atoms with van der Waals surface area (Å²) in [7, 11) is 0. The van der Waals surface area contributed by atoms with Gasteiger partial charge in [-0.2, -0.15) is 0 Å². The number of rotatable bonds is 7. The lowest BCUT2D eigenvalue weighted by molar-refractivity contribution is -1.01. The van der Waals surface area contributed by atoms with Gasteiger partial charge in [-0.25, -0.2) is 9.13 Å². The predicted octanol–water partition coefficient (Wildman–Crippen LogP) is -0.473. The molecule has 0 radical (unpaired) electrons. The van der Waals surface area contributed by atoms with E-state index in [1.165, 1.54) is 10.8 Å². The highest BCUT2D eigenvalue weighted by atomic mass is 16.7. The maximum absolute atomic E-state index is 10.7. The molecule has 0 spiro atoms. The quantitative estimate of drug-likeness (QED) is 0.124. The van der Waals surface area contributed by atoms with Gasteiger partial charge < -0.3 is 0 Å². The first-order valence-corrected chi connectivity index (χ1v) is 4.83. The third kappa shape index (κ3) is 2.59. The molecule has 0 unspecified atom stereocenters. The smallest absolute Gasteiger partial charge is 0.252 e. The molecule has 106 valence electrons. The van der Waals surface area contributed by atoms with Crippen LogP contribution in [-0.2, 0) is 13.2 Å². The second-order valence-corrected chi connectivity index (χ2v) is 3.52. The van der Waals surface area contributed by atoms with Crippen molar-refractivity contribution in [2.75, 3.05) is 0 Å². The van der Waals surface area contributed by atoms with Gasteiger partial charge in [0, 0.05) is 4.91 Å². The number of hydrogen-bond donors (Lipinski definition) is 0. The lowest BCUT2D eigenvalue weighted by Crippen LogP contribution is -2.61. The Kier molecular flexibility index (Phi) is 4.12. The molecule has 14 heteroatoms. The molecule has 20 heavy (non-hydrogen) atoms. The van der Waals surface area contributed by atoms with Crippen molar-refractivity contribution in [2.45, 2.75) is 19.0 Å². The van der Waals surface area contributed by atoms with Gasteiger partial charge in [0.15, 0.2) is 21.4 Å². The predicted molar refractivity (Wildman–Crippen MR) is 57.5 cm³/mol. The zero-order valence-electron chi connectivity index (χ0n) is 9.67. The summed E-state index contributed by atoms with van der Waals surface area (Å²) < 4.78 is 2.13. The highest BCUT2D eigenvalue weighted by Crippen LogP contribution is 2.12. The Labute approximate surface area is 108 Å². The second-order valence-electron chi connectivity index (χ2n) is 3.52. The Morgan fingerprint density at radius 3 is 2.25 bits per heavy atom. The summed E-state index contributed by atoms with van der Waals surface area (Å²) in [5.74, 6) is -3.57. The van der Waals surface area contributed by atoms with Crippen LogP contribution in [0.1, 0.15) is 0 Å². The van der Waals surface area contributed by atoms with E-state index in [-0.39, 0.29) is 6.67 Å². The number of azide groups is 1. The van der Waals surface area contributed by atoms with Crippen LogP contribution in [0.5, 0.6) is 0 Å². The molecule has 0 saturated carbocycles. The van der Waals surface area contributed by atoms with Crippen molar-refractivity contribution in [3.63, 3.8) is 0 Å². The van der Waals surface area contributed by atoms with E-state index >= 15 is 0 Å². The van der Waals surface area contributed by atoms with Gasteiger partial charge in [-0.15, -0.1) is 0 Å². The van der Waals surface area contributed by atoms with Crippen LogP contribution in [0.3, 0.4) is 0 Å². The molecule has 0 saturated heterocycles. The third-order valence-electron chi connectivity index (χ3n) is 2.31.